The van der Waals surface area contributed by atoms with Gasteiger partial charge < -0.3 is 24.0 Å². The van der Waals surface area contributed by atoms with Gasteiger partial charge in [-0.05, 0) is 43.3 Å². The minimum atomic E-state index is -4.12. The first kappa shape index (κ1) is 31.3. The lowest BCUT2D eigenvalue weighted by Crippen LogP contribution is -2.50. The number of nitrogens with zero attached hydrogens (tertiary/aromatic N) is 4. The van der Waals surface area contributed by atoms with E-state index in [1.54, 1.807) is 20.9 Å². The zero-order valence-electron chi connectivity index (χ0n) is 24.0. The van der Waals surface area contributed by atoms with E-state index in [0.29, 0.717) is 5.75 Å². The summed E-state index contributed by atoms with van der Waals surface area (Å²) in [5, 5.41) is 9.76. The van der Waals surface area contributed by atoms with E-state index < -0.39 is 44.0 Å². The maximum absolute atomic E-state index is 13.7. The molecule has 0 saturated carbocycles. The number of nitrogens with one attached hydrogen (secondary N) is 1. The highest BCUT2D eigenvalue weighted by atomic mass is 32.2. The van der Waals surface area contributed by atoms with Crippen LogP contribution in [0.3, 0.4) is 0 Å². The van der Waals surface area contributed by atoms with Gasteiger partial charge in [0.2, 0.25) is 0 Å². The Morgan fingerprint density at radius 1 is 1.19 bits per heavy atom. The smallest absolute Gasteiger partial charge is 0.262 e. The molecule has 0 saturated heterocycles. The fourth-order valence-corrected chi connectivity index (χ4v) is 6.74. The van der Waals surface area contributed by atoms with E-state index in [-0.39, 0.29) is 46.6 Å². The van der Waals surface area contributed by atoms with Crippen molar-refractivity contribution in [2.24, 2.45) is 13.0 Å². The van der Waals surface area contributed by atoms with Crippen LogP contribution in [0.1, 0.15) is 24.2 Å². The van der Waals surface area contributed by atoms with Crippen LogP contribution in [-0.2, 0) is 27.1 Å². The van der Waals surface area contributed by atoms with Crippen molar-refractivity contribution in [1.29, 1.82) is 0 Å². The first-order valence-electron chi connectivity index (χ1n) is 13.1. The van der Waals surface area contributed by atoms with Crippen LogP contribution < -0.4 is 14.2 Å². The number of anilines is 1. The third-order valence-electron chi connectivity index (χ3n) is 7.10. The number of rotatable bonds is 10. The van der Waals surface area contributed by atoms with Crippen molar-refractivity contribution >= 4 is 31.6 Å². The van der Waals surface area contributed by atoms with Gasteiger partial charge in [0, 0.05) is 32.8 Å². The van der Waals surface area contributed by atoms with Gasteiger partial charge in [0.1, 0.15) is 11.9 Å². The Hall–Kier alpha value is -3.66. The first-order valence-corrected chi connectivity index (χ1v) is 16.0. The highest BCUT2D eigenvalue weighted by Crippen LogP contribution is 2.36. The number of benzene rings is 2. The summed E-state index contributed by atoms with van der Waals surface area (Å²) < 4.78 is 69.8. The molecular weight excluding hydrogens is 586 g/mol. The molecule has 15 heteroatoms. The second kappa shape index (κ2) is 12.3. The van der Waals surface area contributed by atoms with Gasteiger partial charge >= 0.3 is 0 Å². The van der Waals surface area contributed by atoms with Gasteiger partial charge in [0.25, 0.3) is 26.0 Å². The van der Waals surface area contributed by atoms with Gasteiger partial charge in [-0.25, -0.2) is 21.8 Å². The van der Waals surface area contributed by atoms with E-state index in [1.807, 2.05) is 0 Å². The van der Waals surface area contributed by atoms with Crippen LogP contribution >= 0.6 is 0 Å². The molecule has 0 radical (unpaired) electrons. The average molecular weight is 622 g/mol. The summed E-state index contributed by atoms with van der Waals surface area (Å²) in [6.45, 7) is 3.21. The summed E-state index contributed by atoms with van der Waals surface area (Å²) in [6.07, 6.45) is 1.95. The number of hydrogen-bond donors (Lipinski definition) is 2. The number of aliphatic hydroxyl groups excluding tert-OH is 1. The Morgan fingerprint density at radius 2 is 1.88 bits per heavy atom. The summed E-state index contributed by atoms with van der Waals surface area (Å²) in [7, 11) is -3.58. The number of para-hydroxylation sites is 1. The normalized spacial score (nSPS) is 18.5. The highest BCUT2D eigenvalue weighted by molar-refractivity contribution is 7.92. The number of amides is 1. The fourth-order valence-electron chi connectivity index (χ4n) is 4.53. The van der Waals surface area contributed by atoms with E-state index in [9.17, 15) is 26.7 Å². The van der Waals surface area contributed by atoms with E-state index in [0.717, 1.165) is 4.31 Å². The fraction of sp³-hybridized carbons (Fsp3) is 0.407. The molecular formula is C27H35N5O8S2. The molecule has 2 heterocycles. The molecule has 0 bridgehead atoms. The lowest BCUT2D eigenvalue weighted by Gasteiger charge is -2.38. The van der Waals surface area contributed by atoms with Crippen molar-refractivity contribution in [3.05, 3.63) is 60.6 Å². The molecule has 1 aromatic heterocycles. The molecule has 0 fully saturated rings. The number of ether oxygens (including phenoxy) is 2. The molecule has 3 atom stereocenters. The van der Waals surface area contributed by atoms with E-state index in [1.165, 1.54) is 78.6 Å². The van der Waals surface area contributed by atoms with Crippen LogP contribution in [0, 0.1) is 5.92 Å². The first-order chi connectivity index (χ1) is 19.8. The predicted octanol–water partition coefficient (Wildman–Crippen LogP) is 1.77. The monoisotopic (exact) mass is 621 g/mol. The van der Waals surface area contributed by atoms with E-state index in [4.69, 9.17) is 9.47 Å². The minimum Gasteiger partial charge on any atom is -0.497 e. The second-order valence-electron chi connectivity index (χ2n) is 10.2. The number of carbonyl (C=O) groups is 1. The van der Waals surface area contributed by atoms with Gasteiger partial charge in [-0.3, -0.25) is 9.52 Å². The van der Waals surface area contributed by atoms with Crippen molar-refractivity contribution in [2.75, 3.05) is 38.6 Å². The molecule has 2 N–H and O–H groups in total. The summed E-state index contributed by atoms with van der Waals surface area (Å²) in [5.41, 5.74) is 0.0694. The summed E-state index contributed by atoms with van der Waals surface area (Å²) in [6, 6.07) is 9.69. The number of aryl methyl sites for hydroxylation is 1. The Bertz CT molecular complexity index is 1640. The highest BCUT2D eigenvalue weighted by Gasteiger charge is 2.37. The Morgan fingerprint density at radius 3 is 2.48 bits per heavy atom. The molecule has 0 unspecified atom stereocenters. The third kappa shape index (κ3) is 6.38. The van der Waals surface area contributed by atoms with Gasteiger partial charge in [-0.2, -0.15) is 4.31 Å². The van der Waals surface area contributed by atoms with Crippen molar-refractivity contribution in [3.63, 3.8) is 0 Å². The zero-order valence-corrected chi connectivity index (χ0v) is 25.6. The molecule has 1 amide bonds. The molecule has 0 spiro atoms. The van der Waals surface area contributed by atoms with Gasteiger partial charge in [0.15, 0.2) is 10.8 Å². The van der Waals surface area contributed by atoms with E-state index in [2.05, 4.69) is 9.71 Å². The lowest BCUT2D eigenvalue weighted by atomic mass is 9.99. The SMILES string of the molecule is COc1ccc(S(=O)(=O)Nc2cccc3c2O[C@H](CN(C)S(=O)(=O)c2cn(C)cn2)[C@@H](C)CN([C@H](C)CO)C3=O)cc1. The molecule has 42 heavy (non-hydrogen) atoms. The third-order valence-corrected chi connectivity index (χ3v) is 10.2. The van der Waals surface area contributed by atoms with Gasteiger partial charge in [-0.15, -0.1) is 0 Å². The Kier molecular flexibility index (Phi) is 9.15. The zero-order chi connectivity index (χ0) is 30.8. The lowest BCUT2D eigenvalue weighted by molar-refractivity contribution is 0.0389. The molecule has 228 valence electrons. The number of carbonyl (C=O) groups excluding carboxylic acids is 1. The van der Waals surface area contributed by atoms with Crippen molar-refractivity contribution in [3.8, 4) is 11.5 Å². The average Bonchev–Trinajstić information content (AvgIpc) is 3.41. The van der Waals surface area contributed by atoms with Crippen LogP contribution in [0.2, 0.25) is 0 Å². The molecule has 1 aliphatic rings. The molecule has 2 aromatic carbocycles. The number of methoxy groups -OCH3 is 1. The molecule has 3 aromatic rings. The van der Waals surface area contributed by atoms with Crippen molar-refractivity contribution in [2.45, 2.75) is 35.9 Å². The summed E-state index contributed by atoms with van der Waals surface area (Å²) >= 11 is 0. The topological polar surface area (TPSA) is 160 Å². The van der Waals surface area contributed by atoms with Crippen LogP contribution in [0.5, 0.6) is 11.5 Å². The Balaban J connectivity index is 1.75. The standard InChI is InChI=1S/C27H35N5O8S2/c1-18-13-32(19(2)16-33)27(34)22-7-6-8-23(29-41(35,36)21-11-9-20(39-5)10-12-21)26(22)40-24(18)14-31(4)42(37,38)25-15-30(3)17-28-25/h6-12,15,17-19,24,29,33H,13-14,16H2,1-5H3/t18-,19+,24+/m0/s1. The Labute approximate surface area is 245 Å². The quantitative estimate of drug-likeness (QED) is 0.344. The number of sulfonamides is 2. The maximum Gasteiger partial charge on any atom is 0.262 e. The summed E-state index contributed by atoms with van der Waals surface area (Å²) in [5.74, 6) is -0.456. The second-order valence-corrected chi connectivity index (χ2v) is 13.9. The molecule has 4 rings (SSSR count). The number of aromatic nitrogens is 2. The summed E-state index contributed by atoms with van der Waals surface area (Å²) in [4.78, 5) is 19.1. The number of imidazole rings is 1. The maximum atomic E-state index is 13.7. The largest absolute Gasteiger partial charge is 0.497 e. The number of likely N-dealkylation sites (N-methyl/N-ethyl adjacent to an activating group) is 1. The van der Waals surface area contributed by atoms with Crippen LogP contribution in [0.4, 0.5) is 5.69 Å². The van der Waals surface area contributed by atoms with Crippen LogP contribution in [0.25, 0.3) is 0 Å². The van der Waals surface area contributed by atoms with Crippen LogP contribution in [0.15, 0.2) is 64.9 Å². The predicted molar refractivity (Wildman–Crippen MR) is 154 cm³/mol. The number of aliphatic hydroxyl groups is 1. The number of fused-ring (bicyclic) bond motifs is 1. The molecule has 13 nitrogen and oxygen atoms in total. The number of hydrogen-bond acceptors (Lipinski definition) is 9. The molecule has 0 aliphatic carbocycles. The van der Waals surface area contributed by atoms with Crippen LogP contribution in [-0.4, -0.2) is 92.6 Å². The minimum absolute atomic E-state index is 0.00241. The van der Waals surface area contributed by atoms with Crippen molar-refractivity contribution in [1.82, 2.24) is 18.8 Å². The van der Waals surface area contributed by atoms with E-state index >= 15 is 0 Å². The van der Waals surface area contributed by atoms with Gasteiger partial charge in [0.05, 0.1) is 48.8 Å². The molecule has 1 aliphatic heterocycles. The van der Waals surface area contributed by atoms with Gasteiger partial charge in [-0.1, -0.05) is 13.0 Å². The van der Waals surface area contributed by atoms with Crippen molar-refractivity contribution < 1.29 is 36.2 Å².